The number of carboxylic acids is 1. The number of Topliss-reactive ketones (excluding diaryl/α,β-unsaturated/α-hetero) is 1. The van der Waals surface area contributed by atoms with Crippen LogP contribution in [-0.2, 0) is 93.9 Å². The number of nitrogens with zero attached hydrogens (tertiary/aromatic N) is 8. The minimum absolute atomic E-state index is 0.00658. The highest BCUT2D eigenvalue weighted by molar-refractivity contribution is 5.91. The SMILES string of the molecule is CC(=O)C1=C[C@H](N=C(N)N)[C@@H](C)[C@H](C(OC(=O)N(C)CCOCCN(CCOCCOCCOCCOCc2cn(CCOCCOCCOCCOCCC(=O)Oc3c(F)cc(F)cc3F)nn2)CCOCCN(C)C(=O)O[C@@H]([C@@H]2OC(C(=O)O)=C[C@H](N=C(N)N)[C@H]2C)[C@H](O)CO)[C@H](O)CO)O1. The predicted octanol–water partition coefficient (Wildman–Crippen LogP) is -1.97. The Morgan fingerprint density at radius 3 is 1.40 bits per heavy atom. The molecule has 1 aromatic heterocycles. The number of guanidine groups is 2. The van der Waals surface area contributed by atoms with Gasteiger partial charge in [0.25, 0.3) is 0 Å². The maximum atomic E-state index is 13.6. The first-order valence-electron chi connectivity index (χ1n) is 33.2. The fourth-order valence-electron chi connectivity index (χ4n) is 9.57. The van der Waals surface area contributed by atoms with Crippen LogP contribution in [0.15, 0.2) is 52.0 Å². The van der Waals surface area contributed by atoms with Crippen molar-refractivity contribution >= 4 is 41.8 Å². The molecule has 13 N–H and O–H groups in total. The number of aliphatic hydroxyl groups is 4. The van der Waals surface area contributed by atoms with Crippen LogP contribution in [0.3, 0.4) is 0 Å². The molecule has 2 amide bonds. The number of amides is 2. The summed E-state index contributed by atoms with van der Waals surface area (Å²) in [6.45, 7) is 9.15. The molecule has 0 spiro atoms. The van der Waals surface area contributed by atoms with Crippen molar-refractivity contribution < 1.29 is 134 Å². The van der Waals surface area contributed by atoms with Gasteiger partial charge >= 0.3 is 24.1 Å². The van der Waals surface area contributed by atoms with Crippen molar-refractivity contribution in [1.29, 1.82) is 0 Å². The molecule has 4 rings (SSSR count). The van der Waals surface area contributed by atoms with Gasteiger partial charge in [0.2, 0.25) is 11.5 Å². The topological polar surface area (TPSA) is 494 Å². The number of aliphatic hydroxyl groups excluding tert-OH is 4. The summed E-state index contributed by atoms with van der Waals surface area (Å²) in [4.78, 5) is 75.4. The normalized spacial score (nSPS) is 18.5. The molecular formula is C63H101F3N12O25. The summed E-state index contributed by atoms with van der Waals surface area (Å²) >= 11 is 0. The molecule has 0 bridgehead atoms. The van der Waals surface area contributed by atoms with E-state index < -0.39 is 133 Å². The fraction of sp³-hybridized carbons (Fsp3) is 0.698. The van der Waals surface area contributed by atoms with Gasteiger partial charge < -0.3 is 129 Å². The number of ketones is 1. The average Bonchev–Trinajstić information content (AvgIpc) is 0.826. The molecule has 3 heterocycles. The third-order valence-electron chi connectivity index (χ3n) is 15.3. The molecule has 1 unspecified atom stereocenters. The number of esters is 1. The minimum atomic E-state index is -1.68. The van der Waals surface area contributed by atoms with Crippen LogP contribution in [0, 0.1) is 29.3 Å². The molecule has 2 aliphatic rings. The van der Waals surface area contributed by atoms with E-state index in [4.69, 9.17) is 89.3 Å². The van der Waals surface area contributed by atoms with Crippen molar-refractivity contribution in [1.82, 2.24) is 29.7 Å². The van der Waals surface area contributed by atoms with E-state index in [-0.39, 0.29) is 116 Å². The number of allylic oxidation sites excluding steroid dienone is 1. The molecule has 0 fully saturated rings. The highest BCUT2D eigenvalue weighted by Gasteiger charge is 2.45. The number of aliphatic carboxylic acids is 1. The lowest BCUT2D eigenvalue weighted by molar-refractivity contribution is -0.147. The number of carboxylic acid groups (broad SMARTS) is 1. The van der Waals surface area contributed by atoms with Gasteiger partial charge in [-0.2, -0.15) is 0 Å². The van der Waals surface area contributed by atoms with E-state index in [0.717, 1.165) is 4.90 Å². The van der Waals surface area contributed by atoms with Crippen molar-refractivity contribution in [3.05, 3.63) is 65.1 Å². The molecule has 0 saturated carbocycles. The van der Waals surface area contributed by atoms with E-state index in [2.05, 4.69) is 25.0 Å². The van der Waals surface area contributed by atoms with Crippen molar-refractivity contribution in [2.24, 2.45) is 44.8 Å². The van der Waals surface area contributed by atoms with Gasteiger partial charge in [-0.1, -0.05) is 19.1 Å². The van der Waals surface area contributed by atoms with E-state index in [9.17, 15) is 62.7 Å². The van der Waals surface area contributed by atoms with E-state index in [1.54, 1.807) is 24.7 Å². The monoisotopic (exact) mass is 1480 g/mol. The number of likely N-dealkylation sites (N-methyl/N-ethyl adjacent to an activating group) is 2. The largest absolute Gasteiger partial charge is 0.483 e. The standard InChI is InChI=1S/C63H101F3N12O25/c1-40-47(71-60(67)68)34-51(42(3)81)99-54(40)57(49(82)37-79)102-62(87)75(4)7-14-90-16-9-77(10-17-91-15-8-76(5)63(88)103-58(50(83)38-80)55-41(2)48(72-61(69)70)35-52(100-55)59(85)86)11-18-92-21-24-95-28-29-97-30-31-98-39-44-36-78(74-73-44)12-19-93-22-25-96-27-26-94-23-20-89-13-6-53(84)101-56-45(65)32-43(64)33-46(56)66/h32-36,40-41,47-50,54-55,57-58,79-80,82-83H,6-31,37-39H2,1-5H3,(H,85,86)(H4,67,68,71)(H4,69,70,72)/t40-,41-,47+,48+,49-,50-,54-,55-,57?,58-/m1/s1. The Kier molecular flexibility index (Phi) is 41.8. The molecular weight excluding hydrogens is 1380 g/mol. The third kappa shape index (κ3) is 33.8. The summed E-state index contributed by atoms with van der Waals surface area (Å²) < 4.78 is 126. The van der Waals surface area contributed by atoms with Crippen LogP contribution in [0.1, 0.15) is 32.9 Å². The van der Waals surface area contributed by atoms with E-state index >= 15 is 0 Å². The first-order valence-corrected chi connectivity index (χ1v) is 33.2. The van der Waals surface area contributed by atoms with Crippen molar-refractivity contribution in [3.63, 3.8) is 0 Å². The number of benzene rings is 1. The van der Waals surface area contributed by atoms with Gasteiger partial charge in [-0.05, 0) is 12.2 Å². The second-order valence-corrected chi connectivity index (χ2v) is 23.2. The Hall–Kier alpha value is -7.68. The number of carbonyl (C=O) groups is 5. The first-order chi connectivity index (χ1) is 49.3. The van der Waals surface area contributed by atoms with Crippen LogP contribution >= 0.6 is 0 Å². The van der Waals surface area contributed by atoms with Gasteiger partial charge in [0, 0.05) is 77.7 Å². The van der Waals surface area contributed by atoms with Crippen molar-refractivity contribution in [2.45, 2.75) is 89.1 Å². The lowest BCUT2D eigenvalue weighted by atomic mass is 9.87. The van der Waals surface area contributed by atoms with Gasteiger partial charge in [0.15, 0.2) is 47.3 Å². The molecule has 40 heteroatoms. The number of hydrogen-bond donors (Lipinski definition) is 9. The molecule has 2 aliphatic heterocycles. The summed E-state index contributed by atoms with van der Waals surface area (Å²) in [7, 11) is 2.86. The van der Waals surface area contributed by atoms with Gasteiger partial charge in [0.1, 0.15) is 35.9 Å². The van der Waals surface area contributed by atoms with Crippen LogP contribution in [0.4, 0.5) is 22.8 Å². The highest BCUT2D eigenvalue weighted by Crippen LogP contribution is 2.33. The van der Waals surface area contributed by atoms with Gasteiger partial charge in [0.05, 0.1) is 177 Å². The summed E-state index contributed by atoms with van der Waals surface area (Å²) in [5, 5.41) is 59.2. The Morgan fingerprint density at radius 1 is 0.583 bits per heavy atom. The molecule has 2 aromatic rings. The third-order valence-corrected chi connectivity index (χ3v) is 15.3. The molecule has 10 atom stereocenters. The summed E-state index contributed by atoms with van der Waals surface area (Å²) in [5.41, 5.74) is 23.0. The Labute approximate surface area is 593 Å². The van der Waals surface area contributed by atoms with Gasteiger partial charge in [-0.15, -0.1) is 5.10 Å². The van der Waals surface area contributed by atoms with Crippen LogP contribution in [0.2, 0.25) is 0 Å². The molecule has 0 aliphatic carbocycles. The molecule has 584 valence electrons. The molecule has 1 aromatic carbocycles. The van der Waals surface area contributed by atoms with Gasteiger partial charge in [-0.3, -0.25) is 14.5 Å². The molecule has 0 saturated heterocycles. The number of aliphatic imine (C=N–C) groups is 2. The fourth-order valence-corrected chi connectivity index (χ4v) is 9.57. The average molecular weight is 1480 g/mol. The number of rotatable bonds is 54. The number of aromatic nitrogens is 3. The van der Waals surface area contributed by atoms with Crippen molar-refractivity contribution in [3.8, 4) is 5.75 Å². The number of hydrogen-bond acceptors (Lipinski definition) is 29. The molecule has 37 nitrogen and oxygen atoms in total. The summed E-state index contributed by atoms with van der Waals surface area (Å²) in [6.07, 6.45) is -6.46. The van der Waals surface area contributed by atoms with E-state index in [0.29, 0.717) is 96.9 Å². The molecule has 0 radical (unpaired) electrons. The smallest absolute Gasteiger partial charge is 0.410 e. The number of nitrogens with two attached hydrogens (primary N) is 4. The maximum absolute atomic E-state index is 13.6. The minimum Gasteiger partial charge on any atom is -0.483 e. The first kappa shape index (κ1) is 87.7. The second-order valence-electron chi connectivity index (χ2n) is 23.2. The zero-order valence-corrected chi connectivity index (χ0v) is 58.6. The number of ether oxygens (including phenoxy) is 15. The molecule has 103 heavy (non-hydrogen) atoms. The summed E-state index contributed by atoms with van der Waals surface area (Å²) in [5.74, 6) is -10.3. The Morgan fingerprint density at radius 2 is 0.971 bits per heavy atom. The van der Waals surface area contributed by atoms with E-state index in [1.165, 1.54) is 38.1 Å². The van der Waals surface area contributed by atoms with Crippen LogP contribution < -0.4 is 27.7 Å². The Bertz CT molecular complexity index is 2840. The highest BCUT2D eigenvalue weighted by atomic mass is 19.1. The maximum Gasteiger partial charge on any atom is 0.410 e. The zero-order valence-electron chi connectivity index (χ0n) is 58.6. The quantitative estimate of drug-likeness (QED) is 0.0114. The Balaban J connectivity index is 1.11. The van der Waals surface area contributed by atoms with Crippen LogP contribution in [0.25, 0.3) is 0 Å². The lowest BCUT2D eigenvalue weighted by Crippen LogP contribution is -2.52. The predicted molar refractivity (Wildman–Crippen MR) is 354 cm³/mol. The van der Waals surface area contributed by atoms with Crippen LogP contribution in [-0.4, -0.2) is 331 Å². The van der Waals surface area contributed by atoms with Gasteiger partial charge in [-0.25, -0.2) is 42.2 Å². The van der Waals surface area contributed by atoms with Crippen molar-refractivity contribution in [2.75, 3.05) is 186 Å². The number of carbonyl (C=O) groups excluding carboxylic acids is 4. The zero-order chi connectivity index (χ0) is 75.6. The van der Waals surface area contributed by atoms with E-state index in [1.807, 2.05) is 4.90 Å². The second kappa shape index (κ2) is 49.1. The lowest BCUT2D eigenvalue weighted by Gasteiger charge is -2.39. The summed E-state index contributed by atoms with van der Waals surface area (Å²) in [6, 6.07) is -0.887. The number of halogens is 3. The van der Waals surface area contributed by atoms with Crippen LogP contribution in [0.5, 0.6) is 5.75 Å².